The molecular formula is C6H11N3O5. The van der Waals surface area contributed by atoms with Crippen molar-refractivity contribution < 1.29 is 24.6 Å². The van der Waals surface area contributed by atoms with E-state index in [-0.39, 0.29) is 0 Å². The van der Waals surface area contributed by atoms with Crippen molar-refractivity contribution in [2.75, 3.05) is 13.2 Å². The normalized spacial score (nSPS) is 11.5. The smallest absolute Gasteiger partial charge is 0.328 e. The fourth-order valence-electron chi connectivity index (χ4n) is 0.562. The van der Waals surface area contributed by atoms with Gasteiger partial charge in [-0.3, -0.25) is 4.79 Å². The Hall–Kier alpha value is -1.83. The minimum Gasteiger partial charge on any atom is -0.480 e. The van der Waals surface area contributed by atoms with E-state index in [2.05, 4.69) is 0 Å². The molecule has 0 aliphatic rings. The van der Waals surface area contributed by atoms with Crippen LogP contribution in [0.2, 0.25) is 0 Å². The highest BCUT2D eigenvalue weighted by Gasteiger charge is 2.18. The molecule has 0 bridgehead atoms. The minimum atomic E-state index is -1.40. The van der Waals surface area contributed by atoms with E-state index in [1.54, 1.807) is 0 Å². The first-order valence-electron chi connectivity index (χ1n) is 3.63. The van der Waals surface area contributed by atoms with Crippen LogP contribution in [-0.4, -0.2) is 47.3 Å². The second-order valence-electron chi connectivity index (χ2n) is 2.37. The van der Waals surface area contributed by atoms with E-state index < -0.39 is 37.1 Å². The van der Waals surface area contributed by atoms with Crippen LogP contribution in [0.3, 0.4) is 0 Å². The van der Waals surface area contributed by atoms with E-state index in [0.717, 1.165) is 0 Å². The topological polar surface area (TPSA) is 142 Å². The Balaban J connectivity index is 3.91. The zero-order valence-corrected chi connectivity index (χ0v) is 7.19. The molecule has 0 aromatic carbocycles. The summed E-state index contributed by atoms with van der Waals surface area (Å²) in [7, 11) is 0. The number of hydrogen-bond acceptors (Lipinski definition) is 4. The predicted octanol–water partition coefficient (Wildman–Crippen LogP) is -2.78. The molecule has 6 N–H and O–H groups in total. The van der Waals surface area contributed by atoms with Crippen LogP contribution in [0.4, 0.5) is 4.79 Å². The first-order chi connectivity index (χ1) is 6.47. The second-order valence-corrected chi connectivity index (χ2v) is 2.37. The summed E-state index contributed by atoms with van der Waals surface area (Å²) < 4.78 is 0. The van der Waals surface area contributed by atoms with Crippen molar-refractivity contribution in [3.05, 3.63) is 0 Å². The second kappa shape index (κ2) is 5.75. The molecule has 0 radical (unpaired) electrons. The molecule has 80 valence electrons. The van der Waals surface area contributed by atoms with Gasteiger partial charge in [0.1, 0.15) is 0 Å². The molecule has 14 heavy (non-hydrogen) atoms. The summed E-state index contributed by atoms with van der Waals surface area (Å²) in [6.07, 6.45) is 0. The van der Waals surface area contributed by atoms with Gasteiger partial charge in [0.15, 0.2) is 6.04 Å². The van der Waals surface area contributed by atoms with E-state index in [1.807, 2.05) is 10.6 Å². The molecule has 8 heteroatoms. The summed E-state index contributed by atoms with van der Waals surface area (Å²) in [5.74, 6) is -2.13. The third-order valence-corrected chi connectivity index (χ3v) is 1.21. The number of carbonyl (C=O) groups excluding carboxylic acids is 2. The van der Waals surface area contributed by atoms with Crippen LogP contribution in [0.1, 0.15) is 0 Å². The van der Waals surface area contributed by atoms with Crippen molar-refractivity contribution in [2.24, 2.45) is 5.73 Å². The van der Waals surface area contributed by atoms with E-state index in [4.69, 9.17) is 15.9 Å². The van der Waals surface area contributed by atoms with Gasteiger partial charge in [-0.15, -0.1) is 0 Å². The van der Waals surface area contributed by atoms with Crippen molar-refractivity contribution in [1.29, 1.82) is 0 Å². The first-order valence-corrected chi connectivity index (χ1v) is 3.63. The summed E-state index contributed by atoms with van der Waals surface area (Å²) in [5.41, 5.74) is 4.72. The lowest BCUT2D eigenvalue weighted by atomic mass is 10.3. The number of primary amides is 1. The number of carboxylic acid groups (broad SMARTS) is 1. The number of nitrogens with two attached hydrogens (primary N) is 1. The Kier molecular flexibility index (Phi) is 5.00. The molecule has 8 nitrogen and oxygen atoms in total. The van der Waals surface area contributed by atoms with Crippen LogP contribution in [0.5, 0.6) is 0 Å². The van der Waals surface area contributed by atoms with Crippen LogP contribution in [0.15, 0.2) is 0 Å². The highest BCUT2D eigenvalue weighted by atomic mass is 16.4. The molecule has 1 atom stereocenters. The van der Waals surface area contributed by atoms with E-state index >= 15 is 0 Å². The summed E-state index contributed by atoms with van der Waals surface area (Å²) in [5, 5.41) is 20.8. The largest absolute Gasteiger partial charge is 0.480 e. The third-order valence-electron chi connectivity index (χ3n) is 1.21. The molecular weight excluding hydrogens is 194 g/mol. The lowest BCUT2D eigenvalue weighted by Gasteiger charge is -2.11. The number of nitrogens with one attached hydrogen (secondary N) is 2. The van der Waals surface area contributed by atoms with Gasteiger partial charge in [0.05, 0.1) is 13.2 Å². The summed E-state index contributed by atoms with van der Waals surface area (Å²) in [6, 6.07) is -2.28. The highest BCUT2D eigenvalue weighted by Crippen LogP contribution is 1.81. The monoisotopic (exact) mass is 205 g/mol. The summed E-state index contributed by atoms with van der Waals surface area (Å²) in [4.78, 5) is 31.3. The Labute approximate surface area is 79.1 Å². The standard InChI is InChI=1S/C6H11N3O5/c7-4(11)1-8-6(14)9-3(2-10)5(12)13/h3,10H,1-2H2,(H2,7,11)(H,12,13)(H2,8,9,14). The predicted molar refractivity (Wildman–Crippen MR) is 44.2 cm³/mol. The first kappa shape index (κ1) is 12.2. The van der Waals surface area contributed by atoms with Gasteiger partial charge >= 0.3 is 12.0 Å². The Morgan fingerprint density at radius 2 is 1.93 bits per heavy atom. The molecule has 0 spiro atoms. The van der Waals surface area contributed by atoms with Gasteiger partial charge in [-0.2, -0.15) is 0 Å². The Morgan fingerprint density at radius 3 is 2.29 bits per heavy atom. The summed E-state index contributed by atoms with van der Waals surface area (Å²) in [6.45, 7) is -1.14. The van der Waals surface area contributed by atoms with Crippen molar-refractivity contribution in [2.45, 2.75) is 6.04 Å². The van der Waals surface area contributed by atoms with Crippen LogP contribution in [0, 0.1) is 0 Å². The number of aliphatic hydroxyl groups excluding tert-OH is 1. The SMILES string of the molecule is NC(=O)CNC(=O)NC(CO)C(=O)O. The van der Waals surface area contributed by atoms with Crippen molar-refractivity contribution in [1.82, 2.24) is 10.6 Å². The number of carboxylic acids is 1. The fraction of sp³-hybridized carbons (Fsp3) is 0.500. The number of hydrogen-bond donors (Lipinski definition) is 5. The molecule has 0 saturated carbocycles. The molecule has 0 heterocycles. The highest BCUT2D eigenvalue weighted by molar-refractivity contribution is 5.85. The van der Waals surface area contributed by atoms with Gasteiger partial charge in [0, 0.05) is 0 Å². The van der Waals surface area contributed by atoms with Crippen molar-refractivity contribution in [3.8, 4) is 0 Å². The van der Waals surface area contributed by atoms with E-state index in [0.29, 0.717) is 0 Å². The van der Waals surface area contributed by atoms with E-state index in [9.17, 15) is 14.4 Å². The Morgan fingerprint density at radius 1 is 1.36 bits per heavy atom. The average molecular weight is 205 g/mol. The maximum atomic E-state index is 10.8. The lowest BCUT2D eigenvalue weighted by molar-refractivity contribution is -0.140. The van der Waals surface area contributed by atoms with E-state index in [1.165, 1.54) is 0 Å². The summed E-state index contributed by atoms with van der Waals surface area (Å²) >= 11 is 0. The minimum absolute atomic E-state index is 0.399. The number of urea groups is 1. The van der Waals surface area contributed by atoms with Crippen LogP contribution in [0.25, 0.3) is 0 Å². The van der Waals surface area contributed by atoms with Gasteiger partial charge < -0.3 is 26.6 Å². The molecule has 0 aromatic rings. The molecule has 3 amide bonds. The van der Waals surface area contributed by atoms with Gasteiger partial charge in [-0.05, 0) is 0 Å². The molecule has 0 fully saturated rings. The number of amides is 3. The van der Waals surface area contributed by atoms with Gasteiger partial charge in [-0.1, -0.05) is 0 Å². The molecule has 0 aliphatic carbocycles. The molecule has 0 rings (SSSR count). The lowest BCUT2D eigenvalue weighted by Crippen LogP contribution is -2.49. The zero-order chi connectivity index (χ0) is 11.1. The molecule has 0 saturated heterocycles. The number of rotatable bonds is 5. The van der Waals surface area contributed by atoms with Gasteiger partial charge in [0.2, 0.25) is 5.91 Å². The maximum absolute atomic E-state index is 10.8. The number of aliphatic carboxylic acids is 1. The van der Waals surface area contributed by atoms with Gasteiger partial charge in [-0.25, -0.2) is 9.59 Å². The quantitative estimate of drug-likeness (QED) is 0.330. The zero-order valence-electron chi connectivity index (χ0n) is 7.19. The van der Waals surface area contributed by atoms with Crippen molar-refractivity contribution >= 4 is 17.9 Å². The Bertz CT molecular complexity index is 242. The molecule has 0 aromatic heterocycles. The van der Waals surface area contributed by atoms with Gasteiger partial charge in [0.25, 0.3) is 0 Å². The molecule has 1 unspecified atom stereocenters. The van der Waals surface area contributed by atoms with Crippen LogP contribution < -0.4 is 16.4 Å². The molecule has 0 aliphatic heterocycles. The van der Waals surface area contributed by atoms with Crippen molar-refractivity contribution in [3.63, 3.8) is 0 Å². The fourth-order valence-corrected chi connectivity index (χ4v) is 0.562. The van der Waals surface area contributed by atoms with Crippen LogP contribution in [-0.2, 0) is 9.59 Å². The third kappa shape index (κ3) is 4.93. The van der Waals surface area contributed by atoms with Crippen LogP contribution >= 0.6 is 0 Å². The average Bonchev–Trinajstić information content (AvgIpc) is 2.10. The number of aliphatic hydroxyl groups is 1. The number of carbonyl (C=O) groups is 3. The maximum Gasteiger partial charge on any atom is 0.328 e.